The van der Waals surface area contributed by atoms with E-state index in [-0.39, 0.29) is 0 Å². The fourth-order valence-electron chi connectivity index (χ4n) is 4.18. The van der Waals surface area contributed by atoms with Crippen LogP contribution < -0.4 is 10.0 Å². The minimum absolute atomic E-state index is 0.316. The average Bonchev–Trinajstić information content (AvgIpc) is 2.94. The van der Waals surface area contributed by atoms with Crippen molar-refractivity contribution in [1.29, 1.82) is 0 Å². The average molecular weight is 534 g/mol. The highest BCUT2D eigenvalue weighted by atomic mass is 32.2. The minimum Gasteiger partial charge on any atom is -0.379 e. The van der Waals surface area contributed by atoms with Gasteiger partial charge in [-0.15, -0.1) is 0 Å². The number of rotatable bonds is 9. The van der Waals surface area contributed by atoms with Crippen molar-refractivity contribution in [2.75, 3.05) is 42.9 Å². The van der Waals surface area contributed by atoms with Gasteiger partial charge >= 0.3 is 0 Å². The van der Waals surface area contributed by atoms with Gasteiger partial charge in [-0.2, -0.15) is 0 Å². The van der Waals surface area contributed by atoms with E-state index in [0.29, 0.717) is 17.2 Å². The maximum absolute atomic E-state index is 13.9. The Morgan fingerprint density at radius 2 is 1.61 bits per heavy atom. The van der Waals surface area contributed by atoms with E-state index in [1.165, 1.54) is 30.1 Å². The molecule has 1 saturated heterocycles. The standard InChI is InChI=1S/C28H28FN5O3S/c29-25-3-1-2-4-27(25)38(35,36)33-24-11-9-23(10-12-24)32-28-19-26(30-20-31-28)22-7-5-21(6-8-22)13-14-34-15-17-37-18-16-34/h1-12,19-20,33H,13-18H2,(H,30,31,32). The maximum atomic E-state index is 13.9. The molecule has 0 bridgehead atoms. The first-order chi connectivity index (χ1) is 18.5. The van der Waals surface area contributed by atoms with Crippen molar-refractivity contribution in [2.45, 2.75) is 11.3 Å². The van der Waals surface area contributed by atoms with Crippen molar-refractivity contribution < 1.29 is 17.5 Å². The SMILES string of the molecule is O=S(=O)(Nc1ccc(Nc2cc(-c3ccc(CCN4CCOCC4)cc3)ncn2)cc1)c1ccccc1F. The molecule has 4 aromatic rings. The molecule has 10 heteroatoms. The molecule has 0 saturated carbocycles. The van der Waals surface area contributed by atoms with Gasteiger partial charge in [0.2, 0.25) is 0 Å². The summed E-state index contributed by atoms with van der Waals surface area (Å²) >= 11 is 0. The number of anilines is 3. The number of nitrogens with zero attached hydrogens (tertiary/aromatic N) is 3. The number of ether oxygens (including phenoxy) is 1. The Morgan fingerprint density at radius 3 is 2.34 bits per heavy atom. The molecule has 0 atom stereocenters. The fourth-order valence-corrected chi connectivity index (χ4v) is 5.32. The van der Waals surface area contributed by atoms with E-state index in [2.05, 4.69) is 49.2 Å². The number of hydrogen-bond donors (Lipinski definition) is 2. The summed E-state index contributed by atoms with van der Waals surface area (Å²) in [5.74, 6) is -0.202. The molecule has 3 aromatic carbocycles. The number of nitrogens with one attached hydrogen (secondary N) is 2. The van der Waals surface area contributed by atoms with E-state index >= 15 is 0 Å². The Labute approximate surface area is 221 Å². The molecule has 0 radical (unpaired) electrons. The summed E-state index contributed by atoms with van der Waals surface area (Å²) in [5, 5.41) is 3.21. The van der Waals surface area contributed by atoms with Crippen LogP contribution in [0.2, 0.25) is 0 Å². The lowest BCUT2D eigenvalue weighted by Crippen LogP contribution is -2.37. The zero-order valence-corrected chi connectivity index (χ0v) is 21.5. The third kappa shape index (κ3) is 6.52. The van der Waals surface area contributed by atoms with Gasteiger partial charge in [0.05, 0.1) is 18.9 Å². The van der Waals surface area contributed by atoms with Gasteiger partial charge in [0.25, 0.3) is 10.0 Å². The van der Waals surface area contributed by atoms with Crippen LogP contribution in [0.25, 0.3) is 11.3 Å². The molecule has 5 rings (SSSR count). The van der Waals surface area contributed by atoms with Crippen LogP contribution >= 0.6 is 0 Å². The van der Waals surface area contributed by atoms with Crippen molar-refractivity contribution in [2.24, 2.45) is 0 Å². The smallest absolute Gasteiger partial charge is 0.264 e. The lowest BCUT2D eigenvalue weighted by atomic mass is 10.1. The molecule has 196 valence electrons. The molecule has 8 nitrogen and oxygen atoms in total. The second kappa shape index (κ2) is 11.7. The number of hydrogen-bond acceptors (Lipinski definition) is 7. The minimum atomic E-state index is -4.04. The lowest BCUT2D eigenvalue weighted by Gasteiger charge is -2.26. The summed E-state index contributed by atoms with van der Waals surface area (Å²) < 4.78 is 46.8. The maximum Gasteiger partial charge on any atom is 0.264 e. The van der Waals surface area contributed by atoms with E-state index in [1.807, 2.05) is 6.07 Å². The quantitative estimate of drug-likeness (QED) is 0.322. The second-order valence-corrected chi connectivity index (χ2v) is 10.6. The summed E-state index contributed by atoms with van der Waals surface area (Å²) in [4.78, 5) is 10.7. The number of sulfonamides is 1. The highest BCUT2D eigenvalue weighted by Crippen LogP contribution is 2.24. The third-order valence-corrected chi connectivity index (χ3v) is 7.69. The molecule has 0 aliphatic carbocycles. The Morgan fingerprint density at radius 1 is 0.895 bits per heavy atom. The zero-order valence-electron chi connectivity index (χ0n) is 20.7. The lowest BCUT2D eigenvalue weighted by molar-refractivity contribution is 0.0384. The summed E-state index contributed by atoms with van der Waals surface area (Å²) in [5.41, 5.74) is 4.08. The van der Waals surface area contributed by atoms with E-state index in [1.54, 1.807) is 24.3 Å². The van der Waals surface area contributed by atoms with Gasteiger partial charge < -0.3 is 10.1 Å². The molecule has 0 amide bonds. The van der Waals surface area contributed by atoms with Crippen molar-refractivity contribution >= 4 is 27.2 Å². The second-order valence-electron chi connectivity index (χ2n) is 8.93. The number of morpholine rings is 1. The molecule has 1 aliphatic rings. The highest BCUT2D eigenvalue weighted by molar-refractivity contribution is 7.92. The van der Waals surface area contributed by atoms with Crippen LogP contribution in [0.3, 0.4) is 0 Å². The molecule has 38 heavy (non-hydrogen) atoms. The van der Waals surface area contributed by atoms with E-state index in [9.17, 15) is 12.8 Å². The molecule has 2 heterocycles. The Balaban J connectivity index is 1.20. The van der Waals surface area contributed by atoms with Gasteiger partial charge in [0.15, 0.2) is 0 Å². The van der Waals surface area contributed by atoms with E-state index in [0.717, 1.165) is 56.6 Å². The van der Waals surface area contributed by atoms with Crippen LogP contribution in [0.4, 0.5) is 21.6 Å². The summed E-state index contributed by atoms with van der Waals surface area (Å²) in [7, 11) is -4.04. The number of halogens is 1. The molecule has 2 N–H and O–H groups in total. The molecule has 1 aliphatic heterocycles. The largest absolute Gasteiger partial charge is 0.379 e. The van der Waals surface area contributed by atoms with Gasteiger partial charge in [0.1, 0.15) is 22.9 Å². The Bertz CT molecular complexity index is 1480. The van der Waals surface area contributed by atoms with Crippen LogP contribution in [0.1, 0.15) is 5.56 Å². The highest BCUT2D eigenvalue weighted by Gasteiger charge is 2.18. The molecular formula is C28H28FN5O3S. The van der Waals surface area contributed by atoms with Crippen LogP contribution in [-0.2, 0) is 21.2 Å². The number of benzene rings is 3. The first kappa shape index (κ1) is 25.8. The van der Waals surface area contributed by atoms with E-state index < -0.39 is 20.7 Å². The topological polar surface area (TPSA) is 96.5 Å². The molecule has 0 spiro atoms. The first-order valence-corrected chi connectivity index (χ1v) is 13.8. The van der Waals surface area contributed by atoms with Gasteiger partial charge in [-0.1, -0.05) is 36.4 Å². The van der Waals surface area contributed by atoms with Crippen molar-refractivity contribution in [3.63, 3.8) is 0 Å². The summed E-state index contributed by atoms with van der Waals surface area (Å²) in [6.07, 6.45) is 2.49. The van der Waals surface area contributed by atoms with Crippen molar-refractivity contribution in [3.8, 4) is 11.3 Å². The predicted octanol–water partition coefficient (Wildman–Crippen LogP) is 4.70. The first-order valence-electron chi connectivity index (χ1n) is 12.3. The van der Waals surface area contributed by atoms with Gasteiger partial charge in [0, 0.05) is 42.6 Å². The Kier molecular flexibility index (Phi) is 7.92. The number of aromatic nitrogens is 2. The zero-order chi connectivity index (χ0) is 26.4. The Hall–Kier alpha value is -3.86. The summed E-state index contributed by atoms with van der Waals surface area (Å²) in [6.45, 7) is 4.61. The van der Waals surface area contributed by atoms with Crippen LogP contribution in [-0.4, -0.2) is 56.1 Å². The van der Waals surface area contributed by atoms with Crippen LogP contribution in [0.15, 0.2) is 90.1 Å². The molecule has 0 unspecified atom stereocenters. The molecule has 1 fully saturated rings. The van der Waals surface area contributed by atoms with Gasteiger partial charge in [-0.25, -0.2) is 22.8 Å². The summed E-state index contributed by atoms with van der Waals surface area (Å²) in [6, 6.07) is 22.1. The molecule has 1 aromatic heterocycles. The van der Waals surface area contributed by atoms with Crippen molar-refractivity contribution in [3.05, 3.63) is 96.6 Å². The molecular weight excluding hydrogens is 505 g/mol. The fraction of sp³-hybridized carbons (Fsp3) is 0.214. The van der Waals surface area contributed by atoms with Crippen LogP contribution in [0, 0.1) is 5.82 Å². The van der Waals surface area contributed by atoms with Gasteiger partial charge in [-0.05, 0) is 48.4 Å². The predicted molar refractivity (Wildman–Crippen MR) is 145 cm³/mol. The monoisotopic (exact) mass is 533 g/mol. The third-order valence-electron chi connectivity index (χ3n) is 6.27. The van der Waals surface area contributed by atoms with Crippen molar-refractivity contribution in [1.82, 2.24) is 14.9 Å². The van der Waals surface area contributed by atoms with Gasteiger partial charge in [-0.3, -0.25) is 9.62 Å². The van der Waals surface area contributed by atoms with Crippen LogP contribution in [0.5, 0.6) is 0 Å². The van der Waals surface area contributed by atoms with E-state index in [4.69, 9.17) is 4.74 Å². The normalized spacial score (nSPS) is 14.2.